The molecule has 0 spiro atoms. The van der Waals surface area contributed by atoms with Gasteiger partial charge in [-0.2, -0.15) is 0 Å². The van der Waals surface area contributed by atoms with E-state index in [0.717, 1.165) is 31.5 Å². The van der Waals surface area contributed by atoms with E-state index in [1.807, 2.05) is 12.1 Å². The maximum Gasteiger partial charge on any atom is 0.251 e. The molecule has 150 valence electrons. The zero-order chi connectivity index (χ0) is 20.2. The number of carbonyl (C=O) groups is 1. The summed E-state index contributed by atoms with van der Waals surface area (Å²) < 4.78 is 18.7. The summed E-state index contributed by atoms with van der Waals surface area (Å²) >= 11 is 5.90. The minimum absolute atomic E-state index is 0.0936. The van der Waals surface area contributed by atoms with Crippen LogP contribution in [-0.4, -0.2) is 40.1 Å². The Morgan fingerprint density at radius 2 is 1.79 bits per heavy atom. The van der Waals surface area contributed by atoms with E-state index in [4.69, 9.17) is 16.0 Å². The normalized spacial score (nSPS) is 15.4. The van der Waals surface area contributed by atoms with Crippen LogP contribution in [-0.2, 0) is 6.54 Å². The largest absolute Gasteiger partial charge is 0.419 e. The first-order chi connectivity index (χ1) is 14.1. The third-order valence-corrected chi connectivity index (χ3v) is 5.20. The molecule has 0 atom stereocenters. The first-order valence-corrected chi connectivity index (χ1v) is 9.82. The third-order valence-electron chi connectivity index (χ3n) is 4.95. The number of nitrogens with zero attached hydrogens (tertiary/aromatic N) is 3. The molecule has 1 N–H and O–H groups in total. The molecular formula is C21H20ClFN4O2. The van der Waals surface area contributed by atoms with Crippen molar-refractivity contribution in [2.75, 3.05) is 13.1 Å². The third kappa shape index (κ3) is 4.99. The molecule has 29 heavy (non-hydrogen) atoms. The molecule has 4 rings (SSSR count). The van der Waals surface area contributed by atoms with Crippen molar-refractivity contribution >= 4 is 17.5 Å². The molecule has 0 unspecified atom stereocenters. The molecule has 0 bridgehead atoms. The van der Waals surface area contributed by atoms with Crippen molar-refractivity contribution < 1.29 is 13.6 Å². The van der Waals surface area contributed by atoms with Gasteiger partial charge < -0.3 is 9.73 Å². The van der Waals surface area contributed by atoms with Gasteiger partial charge in [-0.1, -0.05) is 11.6 Å². The standard InChI is InChI=1S/C21H20ClFN4O2/c22-16-5-1-15(2-6-16)21-26-25-19(29-21)13-27-11-9-18(10-12-27)24-20(28)14-3-7-17(23)8-4-14/h1-8,18H,9-13H2,(H,24,28). The Bertz CT molecular complexity index is 967. The summed E-state index contributed by atoms with van der Waals surface area (Å²) in [6, 6.07) is 12.9. The average Bonchev–Trinajstić information content (AvgIpc) is 3.19. The zero-order valence-corrected chi connectivity index (χ0v) is 16.4. The van der Waals surface area contributed by atoms with Gasteiger partial charge in [0.05, 0.1) is 6.54 Å². The summed E-state index contributed by atoms with van der Waals surface area (Å²) in [7, 11) is 0. The van der Waals surface area contributed by atoms with Gasteiger partial charge in [-0.25, -0.2) is 4.39 Å². The van der Waals surface area contributed by atoms with E-state index in [9.17, 15) is 9.18 Å². The molecule has 0 aliphatic carbocycles. The minimum atomic E-state index is -0.352. The van der Waals surface area contributed by atoms with E-state index in [0.29, 0.717) is 28.9 Å². The van der Waals surface area contributed by atoms with E-state index in [1.165, 1.54) is 24.3 Å². The Hall–Kier alpha value is -2.77. The molecule has 8 heteroatoms. The van der Waals surface area contributed by atoms with E-state index >= 15 is 0 Å². The van der Waals surface area contributed by atoms with Crippen molar-refractivity contribution in [3.8, 4) is 11.5 Å². The van der Waals surface area contributed by atoms with Gasteiger partial charge in [0.15, 0.2) is 0 Å². The number of likely N-dealkylation sites (tertiary alicyclic amines) is 1. The number of nitrogens with one attached hydrogen (secondary N) is 1. The molecule has 1 fully saturated rings. The van der Waals surface area contributed by atoms with Crippen LogP contribution >= 0.6 is 11.6 Å². The van der Waals surface area contributed by atoms with E-state index < -0.39 is 0 Å². The first-order valence-electron chi connectivity index (χ1n) is 9.44. The van der Waals surface area contributed by atoms with E-state index in [1.54, 1.807) is 12.1 Å². The number of benzene rings is 2. The molecule has 0 radical (unpaired) electrons. The van der Waals surface area contributed by atoms with Crippen LogP contribution in [0, 0.1) is 5.82 Å². The monoisotopic (exact) mass is 414 g/mol. The molecule has 0 saturated carbocycles. The lowest BCUT2D eigenvalue weighted by Crippen LogP contribution is -2.44. The molecule has 1 aliphatic rings. The van der Waals surface area contributed by atoms with Gasteiger partial charge in [-0.05, 0) is 61.4 Å². The van der Waals surface area contributed by atoms with Crippen molar-refractivity contribution in [1.29, 1.82) is 0 Å². The SMILES string of the molecule is O=C(NC1CCN(Cc2nnc(-c3ccc(Cl)cc3)o2)CC1)c1ccc(F)cc1. The second-order valence-corrected chi connectivity index (χ2v) is 7.48. The number of rotatable bonds is 5. The van der Waals surface area contributed by atoms with Gasteiger partial charge >= 0.3 is 0 Å². The smallest absolute Gasteiger partial charge is 0.251 e. The number of aromatic nitrogens is 2. The summed E-state index contributed by atoms with van der Waals surface area (Å²) in [5.41, 5.74) is 1.30. The maximum absolute atomic E-state index is 13.0. The van der Waals surface area contributed by atoms with Gasteiger partial charge in [0.25, 0.3) is 5.91 Å². The van der Waals surface area contributed by atoms with Crippen LogP contribution in [0.2, 0.25) is 5.02 Å². The highest BCUT2D eigenvalue weighted by Gasteiger charge is 2.22. The summed E-state index contributed by atoms with van der Waals surface area (Å²) in [5, 5.41) is 11.9. The highest BCUT2D eigenvalue weighted by molar-refractivity contribution is 6.30. The Morgan fingerprint density at radius 3 is 2.48 bits per heavy atom. The average molecular weight is 415 g/mol. The van der Waals surface area contributed by atoms with Crippen LogP contribution in [0.15, 0.2) is 52.9 Å². The second-order valence-electron chi connectivity index (χ2n) is 7.04. The predicted octanol–water partition coefficient (Wildman–Crippen LogP) is 3.92. The minimum Gasteiger partial charge on any atom is -0.419 e. The van der Waals surface area contributed by atoms with Gasteiger partial charge in [0, 0.05) is 35.3 Å². The first kappa shape index (κ1) is 19.5. The Labute approximate surface area is 172 Å². The fourth-order valence-corrected chi connectivity index (χ4v) is 3.45. The highest BCUT2D eigenvalue weighted by atomic mass is 35.5. The second kappa shape index (κ2) is 8.71. The van der Waals surface area contributed by atoms with Crippen LogP contribution < -0.4 is 5.32 Å². The molecule has 1 aliphatic heterocycles. The van der Waals surface area contributed by atoms with Crippen molar-refractivity contribution in [2.45, 2.75) is 25.4 Å². The van der Waals surface area contributed by atoms with Gasteiger partial charge in [-0.15, -0.1) is 10.2 Å². The topological polar surface area (TPSA) is 71.3 Å². The Kier molecular flexibility index (Phi) is 5.87. The predicted molar refractivity (Wildman–Crippen MR) is 107 cm³/mol. The van der Waals surface area contributed by atoms with Crippen molar-refractivity contribution in [3.05, 3.63) is 70.8 Å². The summed E-state index contributed by atoms with van der Waals surface area (Å²) in [4.78, 5) is 14.5. The number of piperidine rings is 1. The Balaban J connectivity index is 1.27. The molecule has 3 aromatic rings. The molecule has 6 nitrogen and oxygen atoms in total. The molecule has 2 heterocycles. The fraction of sp³-hybridized carbons (Fsp3) is 0.286. The van der Waals surface area contributed by atoms with Crippen LogP contribution in [0.4, 0.5) is 4.39 Å². The van der Waals surface area contributed by atoms with Crippen molar-refractivity contribution in [3.63, 3.8) is 0 Å². The van der Waals surface area contributed by atoms with Crippen molar-refractivity contribution in [1.82, 2.24) is 20.4 Å². The van der Waals surface area contributed by atoms with E-state index in [2.05, 4.69) is 20.4 Å². The van der Waals surface area contributed by atoms with Crippen LogP contribution in [0.1, 0.15) is 29.1 Å². The fourth-order valence-electron chi connectivity index (χ4n) is 3.32. The number of carbonyl (C=O) groups excluding carboxylic acids is 1. The maximum atomic E-state index is 13.0. The molecular weight excluding hydrogens is 395 g/mol. The summed E-state index contributed by atoms with van der Waals surface area (Å²) in [6.45, 7) is 2.19. The lowest BCUT2D eigenvalue weighted by molar-refractivity contribution is 0.0905. The molecule has 2 aromatic carbocycles. The van der Waals surface area contributed by atoms with Crippen molar-refractivity contribution in [2.24, 2.45) is 0 Å². The van der Waals surface area contributed by atoms with Gasteiger partial charge in [0.1, 0.15) is 5.82 Å². The number of halogens is 2. The Morgan fingerprint density at radius 1 is 1.10 bits per heavy atom. The molecule has 1 saturated heterocycles. The summed E-state index contributed by atoms with van der Waals surface area (Å²) in [6.07, 6.45) is 1.65. The van der Waals surface area contributed by atoms with Crippen LogP contribution in [0.3, 0.4) is 0 Å². The number of amides is 1. The van der Waals surface area contributed by atoms with E-state index in [-0.39, 0.29) is 17.8 Å². The summed E-state index contributed by atoms with van der Waals surface area (Å²) in [5.74, 6) is 0.505. The zero-order valence-electron chi connectivity index (χ0n) is 15.6. The van der Waals surface area contributed by atoms with Crippen LogP contribution in [0.25, 0.3) is 11.5 Å². The lowest BCUT2D eigenvalue weighted by Gasteiger charge is -2.31. The lowest BCUT2D eigenvalue weighted by atomic mass is 10.0. The van der Waals surface area contributed by atoms with Crippen LogP contribution in [0.5, 0.6) is 0 Å². The van der Waals surface area contributed by atoms with Gasteiger partial charge in [-0.3, -0.25) is 9.69 Å². The highest BCUT2D eigenvalue weighted by Crippen LogP contribution is 2.21. The van der Waals surface area contributed by atoms with Gasteiger partial charge in [0.2, 0.25) is 11.8 Å². The molecule has 1 aromatic heterocycles. The number of hydrogen-bond acceptors (Lipinski definition) is 5. The molecule has 1 amide bonds. The number of hydrogen-bond donors (Lipinski definition) is 1. The quantitative estimate of drug-likeness (QED) is 0.685.